The Balaban J connectivity index is 1.62. The van der Waals surface area contributed by atoms with E-state index in [0.717, 1.165) is 5.56 Å². The Kier molecular flexibility index (Phi) is 7.27. The van der Waals surface area contributed by atoms with Crippen LogP contribution in [0.4, 0.5) is 10.2 Å². The smallest absolute Gasteiger partial charge is 0.252 e. The lowest BCUT2D eigenvalue weighted by Gasteiger charge is -2.23. The maximum atomic E-state index is 13.3. The minimum absolute atomic E-state index is 0.245. The molecule has 0 saturated heterocycles. The molecule has 0 aliphatic carbocycles. The fraction of sp³-hybridized carbons (Fsp3) is 0.160. The van der Waals surface area contributed by atoms with Crippen molar-refractivity contribution in [2.45, 2.75) is 18.6 Å². The number of amides is 1. The molecule has 2 heterocycles. The number of aliphatic hydroxyl groups excluding tert-OH is 2. The van der Waals surface area contributed by atoms with Crippen LogP contribution >= 0.6 is 11.3 Å². The molecule has 0 unspecified atom stereocenters. The second-order valence-corrected chi connectivity index (χ2v) is 8.64. The molecule has 0 radical (unpaired) electrons. The average molecular weight is 479 g/mol. The van der Waals surface area contributed by atoms with Crippen LogP contribution < -0.4 is 11.1 Å². The van der Waals surface area contributed by atoms with Crippen LogP contribution in [0.25, 0.3) is 21.0 Å². The number of nitrogens with two attached hydrogens (primary N) is 1. The first-order valence-electron chi connectivity index (χ1n) is 10.6. The van der Waals surface area contributed by atoms with Crippen LogP contribution in [-0.2, 0) is 6.42 Å². The van der Waals surface area contributed by atoms with E-state index >= 15 is 0 Å². The van der Waals surface area contributed by atoms with Gasteiger partial charge in [0.1, 0.15) is 16.6 Å². The number of anilines is 1. The van der Waals surface area contributed by atoms with Crippen molar-refractivity contribution in [3.05, 3.63) is 90.0 Å². The molecule has 2 aromatic heterocycles. The third-order valence-electron chi connectivity index (χ3n) is 5.29. The van der Waals surface area contributed by atoms with Crippen LogP contribution in [0.1, 0.15) is 16.1 Å². The Bertz CT molecular complexity index is 1260. The number of pyridine rings is 1. The van der Waals surface area contributed by atoms with Crippen LogP contribution in [-0.4, -0.2) is 44.8 Å². The number of benzene rings is 2. The lowest BCUT2D eigenvalue weighted by Crippen LogP contribution is -2.46. The van der Waals surface area contributed by atoms with Crippen molar-refractivity contribution in [3.63, 3.8) is 0 Å². The monoisotopic (exact) mass is 478 g/mol. The van der Waals surface area contributed by atoms with Crippen LogP contribution in [0.15, 0.2) is 72.9 Å². The second kappa shape index (κ2) is 10.5. The SMILES string of the molecule is Nc1nc(-c2ccccc2C(=O)N[C@H](Cc2ccccn2)[C@H](O)CO)sc1-c1ccc(F)cc1. The maximum absolute atomic E-state index is 13.3. The van der Waals surface area contributed by atoms with Gasteiger partial charge in [0.25, 0.3) is 5.91 Å². The molecule has 0 fully saturated rings. The van der Waals surface area contributed by atoms with E-state index in [9.17, 15) is 19.4 Å². The molecule has 4 aromatic rings. The number of rotatable bonds is 8. The number of carbonyl (C=O) groups excluding carboxylic acids is 1. The van der Waals surface area contributed by atoms with Crippen molar-refractivity contribution in [3.8, 4) is 21.0 Å². The van der Waals surface area contributed by atoms with Crippen molar-refractivity contribution in [1.82, 2.24) is 15.3 Å². The van der Waals surface area contributed by atoms with Gasteiger partial charge in [0.15, 0.2) is 0 Å². The number of carbonyl (C=O) groups is 1. The van der Waals surface area contributed by atoms with Crippen molar-refractivity contribution < 1.29 is 19.4 Å². The van der Waals surface area contributed by atoms with E-state index in [0.29, 0.717) is 26.7 Å². The molecule has 0 aliphatic heterocycles. The third kappa shape index (κ3) is 5.28. The van der Waals surface area contributed by atoms with Gasteiger partial charge in [-0.1, -0.05) is 36.4 Å². The van der Waals surface area contributed by atoms with Crippen LogP contribution in [0.5, 0.6) is 0 Å². The molecular weight excluding hydrogens is 455 g/mol. The molecule has 34 heavy (non-hydrogen) atoms. The second-order valence-electron chi connectivity index (χ2n) is 7.64. The number of nitrogens with one attached hydrogen (secondary N) is 1. The first kappa shape index (κ1) is 23.5. The number of thiazole rings is 1. The predicted octanol–water partition coefficient (Wildman–Crippen LogP) is 3.29. The van der Waals surface area contributed by atoms with E-state index in [4.69, 9.17) is 5.73 Å². The standard InChI is InChI=1S/C25H23FN4O3S/c26-16-10-8-15(9-11-16)22-23(27)30-25(34-22)19-7-2-1-6-18(19)24(33)29-20(21(32)14-31)13-17-5-3-4-12-28-17/h1-12,20-21,31-32H,13-14,27H2,(H,29,33)/t20-,21-/m1/s1. The van der Waals surface area contributed by atoms with Crippen molar-refractivity contribution in [2.24, 2.45) is 0 Å². The largest absolute Gasteiger partial charge is 0.394 e. The number of aromatic nitrogens is 2. The van der Waals surface area contributed by atoms with Gasteiger partial charge in [-0.25, -0.2) is 9.37 Å². The van der Waals surface area contributed by atoms with E-state index < -0.39 is 24.7 Å². The molecule has 2 aromatic carbocycles. The number of hydrogen-bond donors (Lipinski definition) is 4. The molecule has 9 heteroatoms. The molecule has 0 bridgehead atoms. The minimum Gasteiger partial charge on any atom is -0.394 e. The van der Waals surface area contributed by atoms with Crippen molar-refractivity contribution >= 4 is 23.1 Å². The van der Waals surface area contributed by atoms with E-state index in [-0.39, 0.29) is 18.1 Å². The van der Waals surface area contributed by atoms with Gasteiger partial charge in [-0.2, -0.15) is 0 Å². The fourth-order valence-corrected chi connectivity index (χ4v) is 4.55. The van der Waals surface area contributed by atoms with Gasteiger partial charge in [-0.05, 0) is 35.9 Å². The number of halogens is 1. The quantitative estimate of drug-likeness (QED) is 0.308. The highest BCUT2D eigenvalue weighted by atomic mass is 32.1. The van der Waals surface area contributed by atoms with E-state index in [1.807, 2.05) is 6.07 Å². The topological polar surface area (TPSA) is 121 Å². The Morgan fingerprint density at radius 2 is 1.82 bits per heavy atom. The van der Waals surface area contributed by atoms with Gasteiger partial charge in [-0.3, -0.25) is 9.78 Å². The number of aliphatic hydroxyl groups is 2. The number of hydrogen-bond acceptors (Lipinski definition) is 7. The summed E-state index contributed by atoms with van der Waals surface area (Å²) in [7, 11) is 0. The zero-order valence-electron chi connectivity index (χ0n) is 18.1. The fourth-order valence-electron chi connectivity index (χ4n) is 3.52. The summed E-state index contributed by atoms with van der Waals surface area (Å²) >= 11 is 1.30. The summed E-state index contributed by atoms with van der Waals surface area (Å²) in [6, 6.07) is 17.5. The summed E-state index contributed by atoms with van der Waals surface area (Å²) in [6.07, 6.45) is 0.703. The molecule has 0 aliphatic rings. The van der Waals surface area contributed by atoms with Crippen LogP contribution in [0.2, 0.25) is 0 Å². The van der Waals surface area contributed by atoms with Crippen molar-refractivity contribution in [2.75, 3.05) is 12.3 Å². The lowest BCUT2D eigenvalue weighted by molar-refractivity contribution is 0.0565. The normalized spacial score (nSPS) is 12.8. The first-order valence-corrected chi connectivity index (χ1v) is 11.4. The molecule has 5 N–H and O–H groups in total. The summed E-state index contributed by atoms with van der Waals surface area (Å²) in [6.45, 7) is -0.510. The molecule has 7 nitrogen and oxygen atoms in total. The summed E-state index contributed by atoms with van der Waals surface area (Å²) in [4.78, 5) is 22.6. The van der Waals surface area contributed by atoms with Gasteiger partial charge in [0.05, 0.1) is 23.6 Å². The Morgan fingerprint density at radius 1 is 1.09 bits per heavy atom. The Hall–Kier alpha value is -3.66. The number of nitrogens with zero attached hydrogens (tertiary/aromatic N) is 2. The van der Waals surface area contributed by atoms with Gasteiger partial charge in [0, 0.05) is 29.4 Å². The molecular formula is C25H23FN4O3S. The van der Waals surface area contributed by atoms with E-state index in [1.165, 1.54) is 23.5 Å². The van der Waals surface area contributed by atoms with Gasteiger partial charge in [-0.15, -0.1) is 11.3 Å². The third-order valence-corrected chi connectivity index (χ3v) is 6.44. The summed E-state index contributed by atoms with van der Waals surface area (Å²) in [5.74, 6) is -0.494. The minimum atomic E-state index is -1.17. The molecule has 4 rings (SSSR count). The predicted molar refractivity (Wildman–Crippen MR) is 130 cm³/mol. The van der Waals surface area contributed by atoms with E-state index in [1.54, 1.807) is 54.7 Å². The summed E-state index contributed by atoms with van der Waals surface area (Å²) in [5, 5.41) is 23.1. The van der Waals surface area contributed by atoms with Crippen LogP contribution in [0.3, 0.4) is 0 Å². The summed E-state index contributed by atoms with van der Waals surface area (Å²) < 4.78 is 13.3. The molecule has 0 saturated carbocycles. The highest BCUT2D eigenvalue weighted by Crippen LogP contribution is 2.38. The zero-order chi connectivity index (χ0) is 24.1. The Labute approximate surface area is 199 Å². The van der Waals surface area contributed by atoms with Gasteiger partial charge < -0.3 is 21.3 Å². The maximum Gasteiger partial charge on any atom is 0.252 e. The van der Waals surface area contributed by atoms with Gasteiger partial charge in [0.2, 0.25) is 0 Å². The van der Waals surface area contributed by atoms with Gasteiger partial charge >= 0.3 is 0 Å². The highest BCUT2D eigenvalue weighted by molar-refractivity contribution is 7.19. The zero-order valence-corrected chi connectivity index (χ0v) is 18.9. The average Bonchev–Trinajstić information content (AvgIpc) is 3.25. The molecule has 174 valence electrons. The Morgan fingerprint density at radius 3 is 2.53 bits per heavy atom. The lowest BCUT2D eigenvalue weighted by atomic mass is 10.0. The van der Waals surface area contributed by atoms with Crippen molar-refractivity contribution in [1.29, 1.82) is 0 Å². The summed E-state index contributed by atoms with van der Waals surface area (Å²) in [5.41, 5.74) is 8.45. The molecule has 1 amide bonds. The number of nitrogen functional groups attached to an aromatic ring is 1. The van der Waals surface area contributed by atoms with E-state index in [2.05, 4.69) is 15.3 Å². The highest BCUT2D eigenvalue weighted by Gasteiger charge is 2.24. The van der Waals surface area contributed by atoms with Crippen LogP contribution in [0, 0.1) is 5.82 Å². The molecule has 2 atom stereocenters. The molecule has 0 spiro atoms. The first-order chi connectivity index (χ1) is 16.5.